The zero-order chi connectivity index (χ0) is 23.6. The minimum Gasteiger partial charge on any atom is -0.383 e. The second-order valence-corrected chi connectivity index (χ2v) is 7.63. The predicted octanol–water partition coefficient (Wildman–Crippen LogP) is 6.51. The summed E-state index contributed by atoms with van der Waals surface area (Å²) in [4.78, 5) is 4.03. The van der Waals surface area contributed by atoms with Gasteiger partial charge >= 0.3 is 6.18 Å². The molecule has 0 saturated heterocycles. The maximum absolute atomic E-state index is 13.1. The molecule has 4 aromatic rings. The van der Waals surface area contributed by atoms with Crippen molar-refractivity contribution in [2.24, 2.45) is 0 Å². The van der Waals surface area contributed by atoms with Crippen LogP contribution in [-0.2, 0) is 12.6 Å². The molecule has 166 valence electrons. The summed E-state index contributed by atoms with van der Waals surface area (Å²) in [6.45, 7) is 3.93. The molecule has 0 bridgehead atoms. The van der Waals surface area contributed by atoms with Crippen molar-refractivity contribution in [1.29, 1.82) is 5.41 Å². The highest BCUT2D eigenvalue weighted by molar-refractivity contribution is 5.97. The predicted molar refractivity (Wildman–Crippen MR) is 127 cm³/mol. The molecular formula is C26H21F3N4. The molecule has 4 rings (SSSR count). The summed E-state index contributed by atoms with van der Waals surface area (Å²) < 4.78 is 39.2. The van der Waals surface area contributed by atoms with Gasteiger partial charge in [-0.25, -0.2) is 4.98 Å². The third-order valence-electron chi connectivity index (χ3n) is 5.42. The second-order valence-electron chi connectivity index (χ2n) is 7.63. The van der Waals surface area contributed by atoms with Crippen molar-refractivity contribution in [3.8, 4) is 0 Å². The van der Waals surface area contributed by atoms with Crippen LogP contribution in [0, 0.1) is 5.41 Å². The lowest BCUT2D eigenvalue weighted by Gasteiger charge is -2.15. The van der Waals surface area contributed by atoms with Crippen LogP contribution in [0.4, 0.5) is 24.7 Å². The molecule has 0 atom stereocenters. The molecule has 1 aromatic heterocycles. The summed E-state index contributed by atoms with van der Waals surface area (Å²) in [5, 5.41) is 12.6. The van der Waals surface area contributed by atoms with E-state index in [1.807, 2.05) is 42.5 Å². The van der Waals surface area contributed by atoms with E-state index in [0.717, 1.165) is 39.7 Å². The summed E-state index contributed by atoms with van der Waals surface area (Å²) in [6.07, 6.45) is -0.995. The van der Waals surface area contributed by atoms with Gasteiger partial charge in [-0.2, -0.15) is 13.2 Å². The number of aromatic nitrogens is 1. The van der Waals surface area contributed by atoms with Crippen LogP contribution in [0.25, 0.3) is 16.5 Å². The van der Waals surface area contributed by atoms with Crippen molar-refractivity contribution < 1.29 is 13.2 Å². The lowest BCUT2D eigenvalue weighted by molar-refractivity contribution is -0.137. The van der Waals surface area contributed by atoms with E-state index in [9.17, 15) is 13.2 Å². The van der Waals surface area contributed by atoms with E-state index in [2.05, 4.69) is 16.9 Å². The zero-order valence-electron chi connectivity index (χ0n) is 17.6. The van der Waals surface area contributed by atoms with Gasteiger partial charge in [0.05, 0.1) is 5.56 Å². The van der Waals surface area contributed by atoms with Crippen molar-refractivity contribution >= 4 is 34.2 Å². The molecular weight excluding hydrogens is 425 g/mol. The van der Waals surface area contributed by atoms with Crippen LogP contribution in [0.1, 0.15) is 27.8 Å². The molecule has 0 radical (unpaired) electrons. The Bertz CT molecular complexity index is 1360. The maximum atomic E-state index is 13.1. The Morgan fingerprint density at radius 3 is 2.61 bits per heavy atom. The number of pyridine rings is 1. The maximum Gasteiger partial charge on any atom is 0.416 e. The Morgan fingerprint density at radius 2 is 1.85 bits per heavy atom. The Balaban J connectivity index is 1.61. The fourth-order valence-electron chi connectivity index (χ4n) is 3.74. The first-order valence-corrected chi connectivity index (χ1v) is 10.2. The summed E-state index contributed by atoms with van der Waals surface area (Å²) in [5.74, 6) is 0.322. The number of nitrogens with zero attached hydrogens (tertiary/aromatic N) is 1. The number of halogens is 3. The SMILES string of the molecule is C=C(Nc1cccc2cc(Cc3ccnc(N)c3C=N)ccc12)c1cccc(C(F)(F)F)c1. The minimum atomic E-state index is -4.41. The number of nitrogens with two attached hydrogens (primary N) is 1. The highest BCUT2D eigenvalue weighted by Gasteiger charge is 2.30. The van der Waals surface area contributed by atoms with Gasteiger partial charge in [-0.1, -0.05) is 49.0 Å². The van der Waals surface area contributed by atoms with Crippen molar-refractivity contribution in [3.05, 3.63) is 107 Å². The molecule has 0 aliphatic carbocycles. The number of anilines is 2. The van der Waals surface area contributed by atoms with Crippen LogP contribution in [-0.4, -0.2) is 11.2 Å². The molecule has 0 fully saturated rings. The lowest BCUT2D eigenvalue weighted by atomic mass is 9.98. The summed E-state index contributed by atoms with van der Waals surface area (Å²) >= 11 is 0. The monoisotopic (exact) mass is 446 g/mol. The van der Waals surface area contributed by atoms with Gasteiger partial charge in [-0.3, -0.25) is 0 Å². The van der Waals surface area contributed by atoms with E-state index in [1.165, 1.54) is 12.3 Å². The van der Waals surface area contributed by atoms with E-state index in [-0.39, 0.29) is 0 Å². The summed E-state index contributed by atoms with van der Waals surface area (Å²) in [6, 6.07) is 18.6. The van der Waals surface area contributed by atoms with Crippen LogP contribution in [0.15, 0.2) is 79.5 Å². The summed E-state index contributed by atoms with van der Waals surface area (Å²) in [7, 11) is 0. The molecule has 3 aromatic carbocycles. The first-order chi connectivity index (χ1) is 15.8. The van der Waals surface area contributed by atoms with Gasteiger partial charge in [-0.05, 0) is 52.8 Å². The number of benzene rings is 3. The second kappa shape index (κ2) is 8.78. The first kappa shape index (κ1) is 22.1. The number of alkyl halides is 3. The Labute approximate surface area is 189 Å². The van der Waals surface area contributed by atoms with Crippen molar-refractivity contribution in [2.75, 3.05) is 11.1 Å². The molecule has 4 N–H and O–H groups in total. The first-order valence-electron chi connectivity index (χ1n) is 10.2. The lowest BCUT2D eigenvalue weighted by Crippen LogP contribution is -2.06. The summed E-state index contributed by atoms with van der Waals surface area (Å²) in [5.41, 5.74) is 9.20. The van der Waals surface area contributed by atoms with Gasteiger partial charge in [-0.15, -0.1) is 0 Å². The number of rotatable bonds is 6. The van der Waals surface area contributed by atoms with Crippen LogP contribution < -0.4 is 11.1 Å². The van der Waals surface area contributed by atoms with Gasteiger partial charge in [0.25, 0.3) is 0 Å². The van der Waals surface area contributed by atoms with Gasteiger partial charge in [0.15, 0.2) is 0 Å². The molecule has 0 unspecified atom stereocenters. The fourth-order valence-corrected chi connectivity index (χ4v) is 3.74. The van der Waals surface area contributed by atoms with Crippen molar-refractivity contribution in [3.63, 3.8) is 0 Å². The van der Waals surface area contributed by atoms with Gasteiger partial charge in [0.2, 0.25) is 0 Å². The Kier molecular flexibility index (Phi) is 5.87. The molecule has 0 aliphatic rings. The Hall–Kier alpha value is -4.13. The Morgan fingerprint density at radius 1 is 1.06 bits per heavy atom. The zero-order valence-corrected chi connectivity index (χ0v) is 17.6. The van der Waals surface area contributed by atoms with E-state index in [1.54, 1.807) is 12.3 Å². The quantitative estimate of drug-likeness (QED) is 0.296. The average molecular weight is 446 g/mol. The fraction of sp³-hybridized carbons (Fsp3) is 0.0769. The van der Waals surface area contributed by atoms with Crippen molar-refractivity contribution in [1.82, 2.24) is 4.98 Å². The minimum absolute atomic E-state index is 0.322. The molecule has 0 amide bonds. The van der Waals surface area contributed by atoms with Crippen molar-refractivity contribution in [2.45, 2.75) is 12.6 Å². The smallest absolute Gasteiger partial charge is 0.383 e. The van der Waals surface area contributed by atoms with Crippen LogP contribution in [0.2, 0.25) is 0 Å². The van der Waals surface area contributed by atoms with E-state index < -0.39 is 11.7 Å². The molecule has 0 spiro atoms. The normalized spacial score (nSPS) is 11.4. The number of nitrogens with one attached hydrogen (secondary N) is 2. The van der Waals surface area contributed by atoms with E-state index in [0.29, 0.717) is 29.1 Å². The number of hydrogen-bond acceptors (Lipinski definition) is 4. The van der Waals surface area contributed by atoms with Crippen LogP contribution in [0.3, 0.4) is 0 Å². The molecule has 4 nitrogen and oxygen atoms in total. The molecule has 0 saturated carbocycles. The standard InChI is InChI=1S/C26H21F3N4/c1-16(18-4-2-6-21(14-18)26(27,28)29)33-24-7-3-5-19-12-17(8-9-22(19)24)13-20-10-11-32-25(31)23(20)15-30/h2-12,14-15,30,33H,1,13H2,(H2,31,32). The highest BCUT2D eigenvalue weighted by atomic mass is 19.4. The number of nitrogen functional groups attached to an aromatic ring is 1. The highest BCUT2D eigenvalue weighted by Crippen LogP contribution is 2.32. The third kappa shape index (κ3) is 4.72. The molecule has 0 aliphatic heterocycles. The van der Waals surface area contributed by atoms with Gasteiger partial charge in [0.1, 0.15) is 5.82 Å². The molecule has 7 heteroatoms. The van der Waals surface area contributed by atoms with E-state index in [4.69, 9.17) is 11.1 Å². The van der Waals surface area contributed by atoms with Gasteiger partial charge < -0.3 is 16.5 Å². The third-order valence-corrected chi connectivity index (χ3v) is 5.42. The van der Waals surface area contributed by atoms with E-state index >= 15 is 0 Å². The van der Waals surface area contributed by atoms with Crippen LogP contribution >= 0.6 is 0 Å². The topological polar surface area (TPSA) is 74.8 Å². The van der Waals surface area contributed by atoms with Gasteiger partial charge in [0, 0.05) is 34.7 Å². The largest absolute Gasteiger partial charge is 0.416 e. The number of hydrogen-bond donors (Lipinski definition) is 3. The van der Waals surface area contributed by atoms with Crippen LogP contribution in [0.5, 0.6) is 0 Å². The average Bonchev–Trinajstić information content (AvgIpc) is 2.79. The number of fused-ring (bicyclic) bond motifs is 1. The molecule has 1 heterocycles. The molecule has 33 heavy (non-hydrogen) atoms.